The van der Waals surface area contributed by atoms with E-state index in [1.165, 1.54) is 19.3 Å². The van der Waals surface area contributed by atoms with Crippen LogP contribution in [-0.4, -0.2) is 31.1 Å². The smallest absolute Gasteiger partial charge is 0.0655 e. The highest BCUT2D eigenvalue weighted by Crippen LogP contribution is 2.40. The van der Waals surface area contributed by atoms with Crippen molar-refractivity contribution < 1.29 is 0 Å². The summed E-state index contributed by atoms with van der Waals surface area (Å²) in [6.45, 7) is 6.30. The summed E-state index contributed by atoms with van der Waals surface area (Å²) >= 11 is 19.1. The Hall–Kier alpha value is 0.590. The van der Waals surface area contributed by atoms with Gasteiger partial charge in [0.15, 0.2) is 0 Å². The van der Waals surface area contributed by atoms with Gasteiger partial charge in [-0.2, -0.15) is 0 Å². The van der Waals surface area contributed by atoms with Gasteiger partial charge in [-0.25, -0.2) is 0 Å². The summed E-state index contributed by atoms with van der Waals surface area (Å²) in [5, 5.41) is 5.33. The molecule has 1 saturated heterocycles. The van der Waals surface area contributed by atoms with E-state index >= 15 is 0 Å². The van der Waals surface area contributed by atoms with Crippen molar-refractivity contribution in [3.63, 3.8) is 0 Å². The first-order valence-electron chi connectivity index (χ1n) is 7.73. The molecule has 1 aromatic rings. The fourth-order valence-electron chi connectivity index (χ4n) is 2.94. The van der Waals surface area contributed by atoms with Crippen molar-refractivity contribution in [2.24, 2.45) is 0 Å². The molecule has 1 aliphatic rings. The van der Waals surface area contributed by atoms with Gasteiger partial charge in [0.1, 0.15) is 0 Å². The topological polar surface area (TPSA) is 15.3 Å². The molecule has 134 valence electrons. The maximum Gasteiger partial charge on any atom is 0.0655 e. The second kappa shape index (κ2) is 12.0. The van der Waals surface area contributed by atoms with Gasteiger partial charge in [-0.1, -0.05) is 61.0 Å². The van der Waals surface area contributed by atoms with Crippen molar-refractivity contribution >= 4 is 59.6 Å². The van der Waals surface area contributed by atoms with E-state index in [-0.39, 0.29) is 30.9 Å². The molecule has 0 bridgehead atoms. The van der Waals surface area contributed by atoms with Crippen LogP contribution < -0.4 is 5.32 Å². The summed E-state index contributed by atoms with van der Waals surface area (Å²) in [5.74, 6) is 0. The van der Waals surface area contributed by atoms with Crippen LogP contribution in [0.25, 0.3) is 0 Å². The van der Waals surface area contributed by atoms with Gasteiger partial charge in [0.05, 0.1) is 10.0 Å². The van der Waals surface area contributed by atoms with Crippen molar-refractivity contribution in [1.82, 2.24) is 10.2 Å². The molecule has 0 radical (unpaired) electrons. The molecule has 1 aliphatic heterocycles. The minimum absolute atomic E-state index is 0. The van der Waals surface area contributed by atoms with E-state index in [9.17, 15) is 0 Å². The average molecular weight is 423 g/mol. The molecule has 1 atom stereocenters. The number of hydrogen-bond donors (Lipinski definition) is 1. The normalized spacial score (nSPS) is 16.3. The van der Waals surface area contributed by atoms with Crippen LogP contribution in [0.4, 0.5) is 0 Å². The van der Waals surface area contributed by atoms with Crippen LogP contribution in [-0.2, 0) is 0 Å². The number of halogens is 5. The first kappa shape index (κ1) is 23.6. The zero-order chi connectivity index (χ0) is 15.2. The third kappa shape index (κ3) is 6.43. The molecule has 0 unspecified atom stereocenters. The third-order valence-corrected chi connectivity index (χ3v) is 5.23. The highest BCUT2D eigenvalue weighted by Gasteiger charge is 2.26. The Morgan fingerprint density at radius 1 is 1.04 bits per heavy atom. The highest BCUT2D eigenvalue weighted by atomic mass is 35.5. The van der Waals surface area contributed by atoms with Gasteiger partial charge in [-0.3, -0.25) is 4.90 Å². The summed E-state index contributed by atoms with van der Waals surface area (Å²) in [7, 11) is 0. The van der Waals surface area contributed by atoms with Crippen LogP contribution in [0, 0.1) is 0 Å². The molecule has 23 heavy (non-hydrogen) atoms. The molecule has 0 amide bonds. The van der Waals surface area contributed by atoms with Crippen LogP contribution in [0.3, 0.4) is 0 Å². The fraction of sp³-hybridized carbons (Fsp3) is 0.625. The number of benzene rings is 1. The minimum Gasteiger partial charge on any atom is -0.314 e. The lowest BCUT2D eigenvalue weighted by Gasteiger charge is -2.36. The lowest BCUT2D eigenvalue weighted by Crippen LogP contribution is -2.45. The van der Waals surface area contributed by atoms with E-state index in [1.807, 2.05) is 6.07 Å². The van der Waals surface area contributed by atoms with Gasteiger partial charge in [0.25, 0.3) is 0 Å². The van der Waals surface area contributed by atoms with E-state index < -0.39 is 0 Å². The summed E-state index contributed by atoms with van der Waals surface area (Å²) < 4.78 is 0. The summed E-state index contributed by atoms with van der Waals surface area (Å²) in [6.07, 6.45) is 4.71. The molecule has 7 heteroatoms. The van der Waals surface area contributed by atoms with E-state index in [0.29, 0.717) is 10.0 Å². The number of unbranched alkanes of at least 4 members (excludes halogenated alkanes) is 2. The van der Waals surface area contributed by atoms with Gasteiger partial charge in [-0.05, 0) is 18.6 Å². The lowest BCUT2D eigenvalue weighted by atomic mass is 9.98. The first-order chi connectivity index (χ1) is 10.1. The third-order valence-electron chi connectivity index (χ3n) is 4.09. The molecule has 2 rings (SSSR count). The van der Waals surface area contributed by atoms with Crippen LogP contribution in [0.1, 0.15) is 44.2 Å². The molecule has 2 nitrogen and oxygen atoms in total. The molecule has 0 aromatic heterocycles. The number of rotatable bonds is 6. The number of nitrogens with one attached hydrogen (secondary N) is 1. The number of nitrogens with zero attached hydrogens (tertiary/aromatic N) is 1. The maximum atomic E-state index is 6.47. The Kier molecular flexibility index (Phi) is 12.3. The van der Waals surface area contributed by atoms with E-state index in [4.69, 9.17) is 34.8 Å². The van der Waals surface area contributed by atoms with Gasteiger partial charge < -0.3 is 5.32 Å². The van der Waals surface area contributed by atoms with Gasteiger partial charge in [0.2, 0.25) is 0 Å². The number of hydrogen-bond acceptors (Lipinski definition) is 2. The van der Waals surface area contributed by atoms with Gasteiger partial charge in [-0.15, -0.1) is 24.8 Å². The Bertz CT molecular complexity index is 464. The van der Waals surface area contributed by atoms with Crippen molar-refractivity contribution in [3.8, 4) is 0 Å². The molecule has 0 aliphatic carbocycles. The van der Waals surface area contributed by atoms with Crippen molar-refractivity contribution in [2.45, 2.75) is 38.6 Å². The SMILES string of the molecule is CCCCC[C@H](c1c(Cl)ccc(Cl)c1Cl)N1CCNCC1.Cl.Cl. The molecule has 0 saturated carbocycles. The monoisotopic (exact) mass is 420 g/mol. The van der Waals surface area contributed by atoms with E-state index in [2.05, 4.69) is 17.1 Å². The van der Waals surface area contributed by atoms with Crippen LogP contribution in [0.5, 0.6) is 0 Å². The summed E-state index contributed by atoms with van der Waals surface area (Å²) in [5.41, 5.74) is 1.00. The summed E-state index contributed by atoms with van der Waals surface area (Å²) in [4.78, 5) is 2.48. The maximum absolute atomic E-state index is 6.47. The second-order valence-corrected chi connectivity index (χ2v) is 6.75. The standard InChI is InChI=1S/C16H23Cl3N2.2ClH/c1-2-3-4-5-14(21-10-8-20-9-11-21)15-12(17)6-7-13(18)16(15)19;;/h6-7,14,20H,2-5,8-11H2,1H3;2*1H/t14-;;/m1../s1. The molecular weight excluding hydrogens is 397 g/mol. The average Bonchev–Trinajstić information content (AvgIpc) is 2.51. The minimum atomic E-state index is 0. The molecule has 0 spiro atoms. The molecule has 1 N–H and O–H groups in total. The van der Waals surface area contributed by atoms with Gasteiger partial charge in [0, 0.05) is 42.8 Å². The van der Waals surface area contributed by atoms with Crippen LogP contribution >= 0.6 is 59.6 Å². The Morgan fingerprint density at radius 3 is 2.26 bits per heavy atom. The quantitative estimate of drug-likeness (QED) is 0.446. The zero-order valence-electron chi connectivity index (χ0n) is 13.3. The molecule has 1 fully saturated rings. The second-order valence-electron chi connectivity index (χ2n) is 5.55. The fourth-order valence-corrected chi connectivity index (χ4v) is 3.73. The largest absolute Gasteiger partial charge is 0.314 e. The van der Waals surface area contributed by atoms with Crippen LogP contribution in [0.2, 0.25) is 15.1 Å². The van der Waals surface area contributed by atoms with Crippen LogP contribution in [0.15, 0.2) is 12.1 Å². The molecular formula is C16H25Cl5N2. The highest BCUT2D eigenvalue weighted by molar-refractivity contribution is 6.44. The molecule has 1 heterocycles. The Morgan fingerprint density at radius 2 is 1.65 bits per heavy atom. The summed E-state index contributed by atoms with van der Waals surface area (Å²) in [6, 6.07) is 3.90. The van der Waals surface area contributed by atoms with Crippen molar-refractivity contribution in [3.05, 3.63) is 32.8 Å². The van der Waals surface area contributed by atoms with E-state index in [1.54, 1.807) is 6.07 Å². The number of piperazine rings is 1. The zero-order valence-corrected chi connectivity index (χ0v) is 17.2. The van der Waals surface area contributed by atoms with Crippen molar-refractivity contribution in [1.29, 1.82) is 0 Å². The Labute approximate surface area is 167 Å². The van der Waals surface area contributed by atoms with Crippen molar-refractivity contribution in [2.75, 3.05) is 26.2 Å². The van der Waals surface area contributed by atoms with Gasteiger partial charge >= 0.3 is 0 Å². The molecule has 1 aromatic carbocycles. The Balaban J connectivity index is 0.00000242. The van der Waals surface area contributed by atoms with E-state index in [0.717, 1.165) is 43.2 Å². The predicted octanol–water partition coefficient (Wildman–Crippen LogP) is 6.02. The lowest BCUT2D eigenvalue weighted by molar-refractivity contribution is 0.163. The predicted molar refractivity (Wildman–Crippen MR) is 107 cm³/mol. The first-order valence-corrected chi connectivity index (χ1v) is 8.86.